The van der Waals surface area contributed by atoms with Crippen molar-refractivity contribution < 1.29 is 4.74 Å². The molecule has 2 aliphatic heterocycles. The zero-order chi connectivity index (χ0) is 19.1. The van der Waals surface area contributed by atoms with Crippen molar-refractivity contribution in [2.24, 2.45) is 0 Å². The number of hydrogen-bond donors (Lipinski definition) is 1. The van der Waals surface area contributed by atoms with Crippen molar-refractivity contribution in [3.8, 4) is 17.0 Å². The van der Waals surface area contributed by atoms with Crippen molar-refractivity contribution in [3.05, 3.63) is 71.4 Å². The van der Waals surface area contributed by atoms with E-state index in [1.807, 2.05) is 0 Å². The molecule has 4 heteroatoms. The van der Waals surface area contributed by atoms with E-state index in [4.69, 9.17) is 9.84 Å². The lowest BCUT2D eigenvalue weighted by Crippen LogP contribution is -2.46. The number of rotatable bonds is 3. The van der Waals surface area contributed by atoms with Gasteiger partial charge in [0, 0.05) is 24.0 Å². The molecule has 0 radical (unpaired) electrons. The van der Waals surface area contributed by atoms with Gasteiger partial charge in [0.25, 0.3) is 0 Å². The summed E-state index contributed by atoms with van der Waals surface area (Å²) in [6.45, 7) is 7.21. The Labute approximate surface area is 166 Å². The lowest BCUT2D eigenvalue weighted by Gasteiger charge is -2.42. The van der Waals surface area contributed by atoms with Crippen LogP contribution in [0.5, 0.6) is 5.75 Å². The average Bonchev–Trinajstić information content (AvgIpc) is 3.10. The van der Waals surface area contributed by atoms with Gasteiger partial charge >= 0.3 is 0 Å². The van der Waals surface area contributed by atoms with E-state index < -0.39 is 0 Å². The lowest BCUT2D eigenvalue weighted by atomic mass is 9.78. The molecule has 1 aromatic heterocycles. The summed E-state index contributed by atoms with van der Waals surface area (Å²) in [5.41, 5.74) is 5.91. The lowest BCUT2D eigenvalue weighted by molar-refractivity contribution is 0.0296. The molecular formula is C24H27N3O. The molecule has 3 heterocycles. The highest BCUT2D eigenvalue weighted by atomic mass is 16.5. The van der Waals surface area contributed by atoms with Gasteiger partial charge in [-0.25, -0.2) is 0 Å². The quantitative estimate of drug-likeness (QED) is 0.724. The molecule has 0 bridgehead atoms. The Morgan fingerprint density at radius 2 is 1.75 bits per heavy atom. The molecule has 2 aliphatic rings. The number of benzene rings is 2. The van der Waals surface area contributed by atoms with Gasteiger partial charge in [-0.1, -0.05) is 56.3 Å². The maximum Gasteiger partial charge on any atom is 0.140 e. The fraction of sp³-hybridized carbons (Fsp3) is 0.375. The van der Waals surface area contributed by atoms with Crippen LogP contribution in [-0.4, -0.2) is 22.9 Å². The summed E-state index contributed by atoms with van der Waals surface area (Å²) in [5, 5.41) is 8.65. The Balaban J connectivity index is 1.75. The Morgan fingerprint density at radius 1 is 1.04 bits per heavy atom. The maximum absolute atomic E-state index is 6.75. The predicted octanol–water partition coefficient (Wildman–Crippen LogP) is 4.69. The summed E-state index contributed by atoms with van der Waals surface area (Å²) in [7, 11) is 0. The second-order valence-electron chi connectivity index (χ2n) is 8.25. The zero-order valence-electron chi connectivity index (χ0n) is 16.6. The van der Waals surface area contributed by atoms with E-state index in [1.165, 1.54) is 22.5 Å². The molecule has 5 rings (SSSR count). The third kappa shape index (κ3) is 2.75. The molecule has 3 aromatic rings. The van der Waals surface area contributed by atoms with Crippen LogP contribution in [0.3, 0.4) is 0 Å². The topological polar surface area (TPSA) is 39.1 Å². The predicted molar refractivity (Wildman–Crippen MR) is 112 cm³/mol. The summed E-state index contributed by atoms with van der Waals surface area (Å²) in [4.78, 5) is 0. The van der Waals surface area contributed by atoms with E-state index in [0.29, 0.717) is 5.92 Å². The van der Waals surface area contributed by atoms with Crippen molar-refractivity contribution in [2.45, 2.75) is 44.8 Å². The van der Waals surface area contributed by atoms with Crippen LogP contribution in [0.15, 0.2) is 54.6 Å². The molecule has 28 heavy (non-hydrogen) atoms. The molecule has 0 saturated carbocycles. The number of hydrogen-bond acceptors (Lipinski definition) is 3. The zero-order valence-corrected chi connectivity index (χ0v) is 16.6. The molecule has 2 aromatic carbocycles. The van der Waals surface area contributed by atoms with Crippen LogP contribution in [0.4, 0.5) is 0 Å². The second kappa shape index (κ2) is 6.78. The Kier molecular flexibility index (Phi) is 4.24. The number of para-hydroxylation sites is 1. The van der Waals surface area contributed by atoms with Crippen LogP contribution in [0.1, 0.15) is 49.4 Å². The van der Waals surface area contributed by atoms with Crippen molar-refractivity contribution in [1.29, 1.82) is 0 Å². The van der Waals surface area contributed by atoms with E-state index in [2.05, 4.69) is 78.4 Å². The number of nitrogens with one attached hydrogen (secondary N) is 1. The molecule has 1 N–H and O–H groups in total. The van der Waals surface area contributed by atoms with Gasteiger partial charge in [-0.2, -0.15) is 5.10 Å². The summed E-state index contributed by atoms with van der Waals surface area (Å²) in [6.07, 6.45) is 1.95. The molecule has 0 amide bonds. The first-order chi connectivity index (χ1) is 13.7. The third-order valence-corrected chi connectivity index (χ3v) is 6.02. The highest BCUT2D eigenvalue weighted by Crippen LogP contribution is 2.51. The fourth-order valence-electron chi connectivity index (χ4n) is 4.67. The van der Waals surface area contributed by atoms with Crippen molar-refractivity contribution >= 4 is 0 Å². The van der Waals surface area contributed by atoms with Crippen LogP contribution in [0, 0.1) is 0 Å². The Morgan fingerprint density at radius 3 is 2.50 bits per heavy atom. The molecule has 1 fully saturated rings. The molecule has 1 saturated heterocycles. The fourth-order valence-corrected chi connectivity index (χ4v) is 4.67. The van der Waals surface area contributed by atoms with E-state index >= 15 is 0 Å². The van der Waals surface area contributed by atoms with E-state index in [1.54, 1.807) is 0 Å². The SMILES string of the molecule is CC(C)c1nn(Cc2ccccc2)c2c1C1(CCNCC1)Oc1ccccc1-2. The summed E-state index contributed by atoms with van der Waals surface area (Å²) in [5.74, 6) is 1.34. The van der Waals surface area contributed by atoms with E-state index in [-0.39, 0.29) is 5.60 Å². The van der Waals surface area contributed by atoms with Gasteiger partial charge in [0.1, 0.15) is 11.4 Å². The molecule has 1 spiro atoms. The number of fused-ring (bicyclic) bond motifs is 4. The third-order valence-electron chi connectivity index (χ3n) is 6.02. The smallest absolute Gasteiger partial charge is 0.140 e. The summed E-state index contributed by atoms with van der Waals surface area (Å²) >= 11 is 0. The van der Waals surface area contributed by atoms with Gasteiger partial charge in [-0.3, -0.25) is 4.68 Å². The van der Waals surface area contributed by atoms with Crippen LogP contribution in [-0.2, 0) is 12.1 Å². The molecule has 0 aliphatic carbocycles. The van der Waals surface area contributed by atoms with Gasteiger partial charge in [0.2, 0.25) is 0 Å². The van der Waals surface area contributed by atoms with Crippen LogP contribution >= 0.6 is 0 Å². The highest BCUT2D eigenvalue weighted by Gasteiger charge is 2.46. The van der Waals surface area contributed by atoms with Crippen molar-refractivity contribution in [2.75, 3.05) is 13.1 Å². The molecule has 0 unspecified atom stereocenters. The summed E-state index contributed by atoms with van der Waals surface area (Å²) < 4.78 is 8.96. The first-order valence-corrected chi connectivity index (χ1v) is 10.3. The number of ether oxygens (including phenoxy) is 1. The molecule has 0 atom stereocenters. The normalized spacial score (nSPS) is 17.2. The number of nitrogens with zero attached hydrogens (tertiary/aromatic N) is 2. The monoisotopic (exact) mass is 373 g/mol. The Hall–Kier alpha value is -2.59. The second-order valence-corrected chi connectivity index (χ2v) is 8.25. The van der Waals surface area contributed by atoms with Crippen LogP contribution < -0.4 is 10.1 Å². The standard InChI is InChI=1S/C24H27N3O/c1-17(2)22-21-23(27(26-22)16-18-8-4-3-5-9-18)19-10-6-7-11-20(19)28-24(21)12-14-25-15-13-24/h3-11,17,25H,12-16H2,1-2H3. The Bertz CT molecular complexity index is 984. The maximum atomic E-state index is 6.75. The van der Waals surface area contributed by atoms with E-state index in [9.17, 15) is 0 Å². The van der Waals surface area contributed by atoms with Crippen molar-refractivity contribution in [1.82, 2.24) is 15.1 Å². The first-order valence-electron chi connectivity index (χ1n) is 10.3. The first kappa shape index (κ1) is 17.5. The largest absolute Gasteiger partial charge is 0.482 e. The number of aromatic nitrogens is 2. The highest BCUT2D eigenvalue weighted by molar-refractivity contribution is 5.75. The molecule has 144 valence electrons. The van der Waals surface area contributed by atoms with Crippen LogP contribution in [0.25, 0.3) is 11.3 Å². The summed E-state index contributed by atoms with van der Waals surface area (Å²) in [6, 6.07) is 19.1. The average molecular weight is 374 g/mol. The minimum atomic E-state index is -0.274. The minimum Gasteiger partial charge on any atom is -0.482 e. The van der Waals surface area contributed by atoms with Gasteiger partial charge in [-0.05, 0) is 36.7 Å². The van der Waals surface area contributed by atoms with Gasteiger partial charge in [0.05, 0.1) is 17.9 Å². The van der Waals surface area contributed by atoms with Gasteiger partial charge in [0.15, 0.2) is 0 Å². The van der Waals surface area contributed by atoms with Gasteiger partial charge < -0.3 is 10.1 Å². The van der Waals surface area contributed by atoms with Gasteiger partial charge in [-0.15, -0.1) is 0 Å². The van der Waals surface area contributed by atoms with Crippen molar-refractivity contribution in [3.63, 3.8) is 0 Å². The molecular weight excluding hydrogens is 346 g/mol. The van der Waals surface area contributed by atoms with Crippen LogP contribution in [0.2, 0.25) is 0 Å². The number of piperidine rings is 1. The minimum absolute atomic E-state index is 0.274. The van der Waals surface area contributed by atoms with E-state index in [0.717, 1.165) is 43.8 Å². The molecule has 4 nitrogen and oxygen atoms in total.